The van der Waals surface area contributed by atoms with E-state index in [4.69, 9.17) is 19.3 Å². The number of nitrogens with one attached hydrogen (secondary N) is 1. The number of carboxylic acids is 1. The van der Waals surface area contributed by atoms with Crippen LogP contribution in [0.3, 0.4) is 0 Å². The molecule has 2 aromatic carbocycles. The molecule has 1 aromatic heterocycles. The Balaban J connectivity index is 1.56. The van der Waals surface area contributed by atoms with Crippen molar-refractivity contribution in [2.24, 2.45) is 0 Å². The Morgan fingerprint density at radius 3 is 2.41 bits per heavy atom. The smallest absolute Gasteiger partial charge is 0.325 e. The average molecular weight is 439 g/mol. The van der Waals surface area contributed by atoms with Gasteiger partial charge in [0.15, 0.2) is 11.5 Å². The van der Waals surface area contributed by atoms with E-state index in [9.17, 15) is 9.59 Å². The summed E-state index contributed by atoms with van der Waals surface area (Å²) in [5.74, 6) is 0.610. The zero-order valence-electron chi connectivity index (χ0n) is 17.9. The Labute approximate surface area is 185 Å². The van der Waals surface area contributed by atoms with E-state index in [0.717, 1.165) is 5.56 Å². The highest BCUT2D eigenvalue weighted by Gasteiger charge is 2.11. The number of carbonyl (C=O) groups excluding carboxylic acids is 1. The lowest BCUT2D eigenvalue weighted by Gasteiger charge is -2.13. The molecular weight excluding hydrogens is 414 g/mol. The van der Waals surface area contributed by atoms with Crippen LogP contribution in [0.25, 0.3) is 0 Å². The number of aliphatic carboxylic acids is 1. The van der Waals surface area contributed by atoms with Gasteiger partial charge in [0.1, 0.15) is 18.9 Å². The first-order valence-corrected chi connectivity index (χ1v) is 10.2. The van der Waals surface area contributed by atoms with Crippen molar-refractivity contribution in [1.29, 1.82) is 0 Å². The number of nitrogens with zero attached hydrogens (tertiary/aromatic N) is 2. The average Bonchev–Trinajstić information content (AvgIpc) is 3.23. The number of ether oxygens (including phenoxy) is 3. The van der Waals surface area contributed by atoms with E-state index in [1.807, 2.05) is 32.0 Å². The molecule has 0 aliphatic carbocycles. The number of rotatable bonds is 11. The van der Waals surface area contributed by atoms with Crippen molar-refractivity contribution in [3.8, 4) is 17.2 Å². The zero-order chi connectivity index (χ0) is 22.9. The second-order valence-corrected chi connectivity index (χ2v) is 6.73. The summed E-state index contributed by atoms with van der Waals surface area (Å²) in [6.45, 7) is 4.98. The highest BCUT2D eigenvalue weighted by atomic mass is 16.5. The van der Waals surface area contributed by atoms with Gasteiger partial charge in [0.25, 0.3) is 5.91 Å². The number of hydrogen-bond donors (Lipinski definition) is 2. The van der Waals surface area contributed by atoms with Crippen molar-refractivity contribution < 1.29 is 28.9 Å². The molecule has 0 saturated carbocycles. The minimum atomic E-state index is -1.03. The molecule has 0 saturated heterocycles. The maximum atomic E-state index is 12.3. The van der Waals surface area contributed by atoms with Crippen LogP contribution < -0.4 is 19.5 Å². The molecule has 0 aliphatic heterocycles. The fraction of sp³-hybridized carbons (Fsp3) is 0.261. The highest BCUT2D eigenvalue weighted by molar-refractivity contribution is 6.03. The summed E-state index contributed by atoms with van der Waals surface area (Å²) in [5, 5.41) is 15.4. The van der Waals surface area contributed by atoms with Gasteiger partial charge in [0.05, 0.1) is 25.0 Å². The topological polar surface area (TPSA) is 112 Å². The molecule has 168 valence electrons. The van der Waals surface area contributed by atoms with Crippen LogP contribution in [-0.2, 0) is 17.9 Å². The van der Waals surface area contributed by atoms with Crippen molar-refractivity contribution >= 4 is 17.6 Å². The van der Waals surface area contributed by atoms with E-state index in [2.05, 4.69) is 10.4 Å². The Morgan fingerprint density at radius 1 is 1.00 bits per heavy atom. The lowest BCUT2D eigenvalue weighted by atomic mass is 10.2. The Hall–Kier alpha value is -4.01. The second kappa shape index (κ2) is 10.9. The van der Waals surface area contributed by atoms with Crippen LogP contribution in [0.2, 0.25) is 0 Å². The minimum Gasteiger partial charge on any atom is -0.490 e. The summed E-state index contributed by atoms with van der Waals surface area (Å²) in [6, 6.07) is 12.6. The number of benzene rings is 2. The number of aromatic nitrogens is 2. The van der Waals surface area contributed by atoms with Gasteiger partial charge in [-0.1, -0.05) is 6.07 Å². The predicted octanol–water partition coefficient (Wildman–Crippen LogP) is 3.60. The van der Waals surface area contributed by atoms with Gasteiger partial charge in [-0.2, -0.15) is 5.10 Å². The fourth-order valence-electron chi connectivity index (χ4n) is 2.90. The van der Waals surface area contributed by atoms with E-state index >= 15 is 0 Å². The van der Waals surface area contributed by atoms with Gasteiger partial charge in [-0.15, -0.1) is 0 Å². The molecule has 1 amide bonds. The fourth-order valence-corrected chi connectivity index (χ4v) is 2.90. The number of anilines is 1. The van der Waals surface area contributed by atoms with E-state index in [0.29, 0.717) is 42.8 Å². The molecule has 2 N–H and O–H groups in total. The summed E-state index contributed by atoms with van der Waals surface area (Å²) in [5.41, 5.74) is 1.79. The van der Waals surface area contributed by atoms with Crippen molar-refractivity contribution in [3.63, 3.8) is 0 Å². The lowest BCUT2D eigenvalue weighted by molar-refractivity contribution is -0.137. The van der Waals surface area contributed by atoms with Gasteiger partial charge in [0, 0.05) is 11.9 Å². The van der Waals surface area contributed by atoms with Crippen LogP contribution in [0.4, 0.5) is 5.69 Å². The first-order chi connectivity index (χ1) is 15.5. The Morgan fingerprint density at radius 2 is 1.72 bits per heavy atom. The standard InChI is InChI=1S/C23H25N3O6/c1-3-30-20-10-5-16(11-21(20)31-4-2)15-32-19-8-6-18(7-9-19)25-23(29)17-12-24-26(13-17)14-22(27)28/h5-13H,3-4,14-15H2,1-2H3,(H,25,29)(H,27,28). The van der Waals surface area contributed by atoms with Gasteiger partial charge in [-0.05, 0) is 55.8 Å². The monoisotopic (exact) mass is 439 g/mol. The van der Waals surface area contributed by atoms with E-state index in [1.54, 1.807) is 24.3 Å². The zero-order valence-corrected chi connectivity index (χ0v) is 17.9. The summed E-state index contributed by atoms with van der Waals surface area (Å²) in [6.07, 6.45) is 2.71. The van der Waals surface area contributed by atoms with Gasteiger partial charge in [0.2, 0.25) is 0 Å². The molecule has 3 aromatic rings. The molecule has 0 spiro atoms. The molecule has 0 aliphatic rings. The van der Waals surface area contributed by atoms with Gasteiger partial charge < -0.3 is 24.6 Å². The first kappa shape index (κ1) is 22.7. The summed E-state index contributed by atoms with van der Waals surface area (Å²) in [7, 11) is 0. The molecule has 0 radical (unpaired) electrons. The first-order valence-electron chi connectivity index (χ1n) is 10.2. The summed E-state index contributed by atoms with van der Waals surface area (Å²) < 4.78 is 18.2. The Kier molecular flexibility index (Phi) is 7.69. The summed E-state index contributed by atoms with van der Waals surface area (Å²) >= 11 is 0. The van der Waals surface area contributed by atoms with E-state index in [1.165, 1.54) is 17.1 Å². The molecule has 0 bridgehead atoms. The quantitative estimate of drug-likeness (QED) is 0.469. The third-order valence-electron chi connectivity index (χ3n) is 4.32. The normalized spacial score (nSPS) is 10.4. The third kappa shape index (κ3) is 6.24. The molecule has 32 heavy (non-hydrogen) atoms. The maximum absolute atomic E-state index is 12.3. The number of carboxylic acid groups (broad SMARTS) is 1. The van der Waals surface area contributed by atoms with Crippen LogP contribution in [0.15, 0.2) is 54.9 Å². The van der Waals surface area contributed by atoms with Crippen molar-refractivity contribution in [2.45, 2.75) is 27.0 Å². The van der Waals surface area contributed by atoms with E-state index < -0.39 is 5.97 Å². The van der Waals surface area contributed by atoms with Crippen molar-refractivity contribution in [1.82, 2.24) is 9.78 Å². The number of carbonyl (C=O) groups is 2. The highest BCUT2D eigenvalue weighted by Crippen LogP contribution is 2.29. The van der Waals surface area contributed by atoms with Crippen molar-refractivity contribution in [3.05, 3.63) is 66.0 Å². The maximum Gasteiger partial charge on any atom is 0.325 e. The van der Waals surface area contributed by atoms with E-state index in [-0.39, 0.29) is 18.0 Å². The van der Waals surface area contributed by atoms with Gasteiger partial charge >= 0.3 is 5.97 Å². The largest absolute Gasteiger partial charge is 0.490 e. The molecule has 1 heterocycles. The molecule has 3 rings (SSSR count). The van der Waals surface area contributed by atoms with Crippen LogP contribution in [0.1, 0.15) is 29.8 Å². The molecule has 9 heteroatoms. The SMILES string of the molecule is CCOc1ccc(COc2ccc(NC(=O)c3cnn(CC(=O)O)c3)cc2)cc1OCC. The van der Waals surface area contributed by atoms with Crippen LogP contribution in [0, 0.1) is 0 Å². The van der Waals surface area contributed by atoms with Gasteiger partial charge in [-0.25, -0.2) is 0 Å². The lowest BCUT2D eigenvalue weighted by Crippen LogP contribution is -2.12. The Bertz CT molecular complexity index is 1060. The molecule has 9 nitrogen and oxygen atoms in total. The molecule has 0 unspecified atom stereocenters. The molecular formula is C23H25N3O6. The van der Waals surface area contributed by atoms with Crippen LogP contribution >= 0.6 is 0 Å². The predicted molar refractivity (Wildman–Crippen MR) is 117 cm³/mol. The van der Waals surface area contributed by atoms with Gasteiger partial charge in [-0.3, -0.25) is 14.3 Å². The number of amides is 1. The third-order valence-corrected chi connectivity index (χ3v) is 4.32. The number of hydrogen-bond acceptors (Lipinski definition) is 6. The molecule has 0 atom stereocenters. The molecule has 0 fully saturated rings. The minimum absolute atomic E-state index is 0.271. The van der Waals surface area contributed by atoms with Crippen molar-refractivity contribution in [2.75, 3.05) is 18.5 Å². The van der Waals surface area contributed by atoms with Crippen LogP contribution in [-0.4, -0.2) is 40.0 Å². The summed E-state index contributed by atoms with van der Waals surface area (Å²) in [4.78, 5) is 23.0. The second-order valence-electron chi connectivity index (χ2n) is 6.73. The van der Waals surface area contributed by atoms with Crippen LogP contribution in [0.5, 0.6) is 17.2 Å².